The van der Waals surface area contributed by atoms with E-state index in [1.54, 1.807) is 6.92 Å². The molecule has 0 aromatic heterocycles. The molecule has 2 unspecified atom stereocenters. The largest absolute Gasteiger partial charge is 0.434 e. The number of aliphatic hydroxyl groups is 1. The first kappa shape index (κ1) is 7.50. The maximum atomic E-state index is 10.8. The van der Waals surface area contributed by atoms with Gasteiger partial charge in [-0.05, 0) is 13.8 Å². The van der Waals surface area contributed by atoms with Crippen LogP contribution in [0.25, 0.3) is 0 Å². The summed E-state index contributed by atoms with van der Waals surface area (Å²) >= 11 is 0. The predicted molar refractivity (Wildman–Crippen MR) is 32.1 cm³/mol. The van der Waals surface area contributed by atoms with Gasteiger partial charge in [-0.2, -0.15) is 0 Å². The van der Waals surface area contributed by atoms with E-state index in [1.807, 2.05) is 0 Å². The number of hydrogen-bond donors (Lipinski definition) is 1. The van der Waals surface area contributed by atoms with Crippen LogP contribution in [0.3, 0.4) is 0 Å². The average Bonchev–Trinajstić information content (AvgIpc) is 2.47. The lowest BCUT2D eigenvalue weighted by molar-refractivity contribution is -0.170. The van der Waals surface area contributed by atoms with E-state index >= 15 is 0 Å². The third-order valence-electron chi connectivity index (χ3n) is 1.29. The van der Waals surface area contributed by atoms with Gasteiger partial charge >= 0.3 is 5.97 Å². The van der Waals surface area contributed by atoms with Crippen LogP contribution in [0, 0.1) is 0 Å². The fraction of sp³-hybridized carbons (Fsp3) is 0.833. The zero-order valence-electron chi connectivity index (χ0n) is 5.96. The Morgan fingerprint density at radius 3 is 2.70 bits per heavy atom. The molecule has 0 aromatic rings. The van der Waals surface area contributed by atoms with Crippen LogP contribution in [0.5, 0.6) is 0 Å². The van der Waals surface area contributed by atoms with Gasteiger partial charge < -0.3 is 14.6 Å². The van der Waals surface area contributed by atoms with Crippen molar-refractivity contribution in [3.8, 4) is 0 Å². The number of aliphatic hydroxyl groups excluding tert-OH is 1. The quantitative estimate of drug-likeness (QED) is 0.329. The van der Waals surface area contributed by atoms with Crippen molar-refractivity contribution in [2.45, 2.75) is 25.7 Å². The molecule has 0 bridgehead atoms. The minimum Gasteiger partial charge on any atom is -0.434 e. The molecule has 1 aliphatic rings. The molecule has 2 atom stereocenters. The third-order valence-corrected chi connectivity index (χ3v) is 1.29. The maximum Gasteiger partial charge on any atom is 0.342 e. The molecule has 0 aromatic carbocycles. The molecule has 0 aliphatic carbocycles. The van der Waals surface area contributed by atoms with Crippen LogP contribution < -0.4 is 0 Å². The Kier molecular flexibility index (Phi) is 1.66. The monoisotopic (exact) mass is 146 g/mol. The van der Waals surface area contributed by atoms with Crippen LogP contribution in [0.1, 0.15) is 13.8 Å². The Hall–Kier alpha value is -0.610. The summed E-state index contributed by atoms with van der Waals surface area (Å²) in [4.78, 5) is 10.8. The number of ether oxygens (including phenoxy) is 2. The zero-order valence-corrected chi connectivity index (χ0v) is 5.96. The van der Waals surface area contributed by atoms with Gasteiger partial charge in [-0.3, -0.25) is 0 Å². The SMILES string of the molecule is CC(O)OC(=O)C1(C)CO1. The van der Waals surface area contributed by atoms with Crippen LogP contribution in [-0.2, 0) is 14.3 Å². The first-order chi connectivity index (χ1) is 4.54. The Morgan fingerprint density at radius 1 is 1.90 bits per heavy atom. The fourth-order valence-corrected chi connectivity index (χ4v) is 0.506. The van der Waals surface area contributed by atoms with Crippen molar-refractivity contribution in [2.24, 2.45) is 0 Å². The lowest BCUT2D eigenvalue weighted by Crippen LogP contribution is -2.26. The summed E-state index contributed by atoms with van der Waals surface area (Å²) in [5.74, 6) is -0.498. The molecule has 10 heavy (non-hydrogen) atoms. The minimum absolute atomic E-state index is 0.387. The van der Waals surface area contributed by atoms with Crippen molar-refractivity contribution < 1.29 is 19.4 Å². The Balaban J connectivity index is 2.35. The lowest BCUT2D eigenvalue weighted by Gasteiger charge is -2.08. The molecule has 0 radical (unpaired) electrons. The van der Waals surface area contributed by atoms with E-state index in [-0.39, 0.29) is 0 Å². The lowest BCUT2D eigenvalue weighted by atomic mass is 10.2. The molecule has 4 heteroatoms. The zero-order chi connectivity index (χ0) is 7.78. The van der Waals surface area contributed by atoms with Gasteiger partial charge in [0, 0.05) is 0 Å². The summed E-state index contributed by atoms with van der Waals surface area (Å²) in [5, 5.41) is 8.62. The Morgan fingerprint density at radius 2 is 2.40 bits per heavy atom. The number of carbonyl (C=O) groups is 1. The van der Waals surface area contributed by atoms with Crippen molar-refractivity contribution in [2.75, 3.05) is 6.61 Å². The van der Waals surface area contributed by atoms with E-state index in [9.17, 15) is 4.79 Å². The molecular weight excluding hydrogens is 136 g/mol. The summed E-state index contributed by atoms with van der Waals surface area (Å²) in [6, 6.07) is 0. The smallest absolute Gasteiger partial charge is 0.342 e. The number of hydrogen-bond acceptors (Lipinski definition) is 4. The summed E-state index contributed by atoms with van der Waals surface area (Å²) < 4.78 is 9.24. The van der Waals surface area contributed by atoms with Crippen molar-refractivity contribution in [3.63, 3.8) is 0 Å². The molecule has 1 heterocycles. The molecule has 1 N–H and O–H groups in total. The van der Waals surface area contributed by atoms with Crippen LogP contribution in [0.2, 0.25) is 0 Å². The van der Waals surface area contributed by atoms with E-state index in [1.165, 1.54) is 6.92 Å². The van der Waals surface area contributed by atoms with Gasteiger partial charge in [-0.25, -0.2) is 4.79 Å². The molecule has 4 nitrogen and oxygen atoms in total. The predicted octanol–water partition coefficient (Wildman–Crippen LogP) is -0.343. The second kappa shape index (κ2) is 2.21. The molecule has 0 amide bonds. The number of epoxide rings is 1. The highest BCUT2D eigenvalue weighted by atomic mass is 16.7. The van der Waals surface area contributed by atoms with Crippen LogP contribution in [0.15, 0.2) is 0 Å². The highest BCUT2D eigenvalue weighted by Gasteiger charge is 2.49. The average molecular weight is 146 g/mol. The van der Waals surface area contributed by atoms with Gasteiger partial charge in [-0.1, -0.05) is 0 Å². The van der Waals surface area contributed by atoms with Crippen molar-refractivity contribution >= 4 is 5.97 Å². The Labute approximate surface area is 58.7 Å². The number of rotatable bonds is 2. The van der Waals surface area contributed by atoms with Crippen LogP contribution >= 0.6 is 0 Å². The highest BCUT2D eigenvalue weighted by molar-refractivity contribution is 5.81. The van der Waals surface area contributed by atoms with Gasteiger partial charge in [0.05, 0.1) is 6.61 Å². The fourth-order valence-electron chi connectivity index (χ4n) is 0.506. The molecule has 1 rings (SSSR count). The van der Waals surface area contributed by atoms with E-state index in [4.69, 9.17) is 9.84 Å². The molecule has 1 aliphatic heterocycles. The van der Waals surface area contributed by atoms with Crippen LogP contribution in [0.4, 0.5) is 0 Å². The third kappa shape index (κ3) is 1.46. The second-order valence-corrected chi connectivity index (χ2v) is 2.52. The summed E-state index contributed by atoms with van der Waals surface area (Å²) in [5.41, 5.74) is -0.781. The molecule has 1 saturated heterocycles. The molecular formula is C6H10O4. The van der Waals surface area contributed by atoms with Crippen molar-refractivity contribution in [3.05, 3.63) is 0 Å². The number of carbonyl (C=O) groups excluding carboxylic acids is 1. The van der Waals surface area contributed by atoms with Gasteiger partial charge in [-0.15, -0.1) is 0 Å². The van der Waals surface area contributed by atoms with E-state index < -0.39 is 17.9 Å². The Bertz CT molecular complexity index is 148. The first-order valence-corrected chi connectivity index (χ1v) is 3.08. The van der Waals surface area contributed by atoms with Gasteiger partial charge in [0.15, 0.2) is 11.9 Å². The molecule has 58 valence electrons. The second-order valence-electron chi connectivity index (χ2n) is 2.52. The van der Waals surface area contributed by atoms with Gasteiger partial charge in [0.2, 0.25) is 0 Å². The maximum absolute atomic E-state index is 10.8. The van der Waals surface area contributed by atoms with E-state index in [0.29, 0.717) is 6.61 Å². The van der Waals surface area contributed by atoms with Gasteiger partial charge in [0.1, 0.15) is 0 Å². The van der Waals surface area contributed by atoms with E-state index in [2.05, 4.69) is 4.74 Å². The van der Waals surface area contributed by atoms with Crippen LogP contribution in [-0.4, -0.2) is 29.6 Å². The minimum atomic E-state index is -1.05. The first-order valence-electron chi connectivity index (χ1n) is 3.08. The number of esters is 1. The molecule has 0 spiro atoms. The summed E-state index contributed by atoms with van der Waals surface area (Å²) in [6.45, 7) is 3.39. The topological polar surface area (TPSA) is 59.1 Å². The highest BCUT2D eigenvalue weighted by Crippen LogP contribution is 2.27. The summed E-state index contributed by atoms with van der Waals surface area (Å²) in [7, 11) is 0. The van der Waals surface area contributed by atoms with Crippen molar-refractivity contribution in [1.82, 2.24) is 0 Å². The standard InChI is InChI=1S/C6H10O4/c1-4(7)10-5(8)6(2)3-9-6/h4,7H,3H2,1-2H3. The van der Waals surface area contributed by atoms with Gasteiger partial charge in [0.25, 0.3) is 0 Å². The molecule has 1 fully saturated rings. The van der Waals surface area contributed by atoms with E-state index in [0.717, 1.165) is 0 Å². The summed E-state index contributed by atoms with van der Waals surface area (Å²) in [6.07, 6.45) is -1.05. The normalized spacial score (nSPS) is 33.1. The van der Waals surface area contributed by atoms with Crippen molar-refractivity contribution in [1.29, 1.82) is 0 Å². The molecule has 0 saturated carbocycles.